The van der Waals surface area contributed by atoms with Crippen LogP contribution >= 0.6 is 0 Å². The molecule has 0 radical (unpaired) electrons. The van der Waals surface area contributed by atoms with Crippen molar-refractivity contribution in [2.24, 2.45) is 11.8 Å². The summed E-state index contributed by atoms with van der Waals surface area (Å²) >= 11 is 0. The van der Waals surface area contributed by atoms with Crippen molar-refractivity contribution in [1.29, 1.82) is 0 Å². The minimum atomic E-state index is -0.355. The molecule has 4 rings (SSSR count). The topological polar surface area (TPSA) is 59.1 Å². The predicted octanol–water partition coefficient (Wildman–Crippen LogP) is 4.45. The number of rotatable bonds is 6. The Balaban J connectivity index is 1.26. The average Bonchev–Trinajstić information content (AvgIpc) is 2.88. The number of amides is 2. The summed E-state index contributed by atoms with van der Waals surface area (Å²) in [5.74, 6) is 0.519. The number of carbonyl (C=O) groups excluding carboxylic acids is 2. The van der Waals surface area contributed by atoms with E-state index in [1.54, 1.807) is 18.2 Å². The van der Waals surface area contributed by atoms with Crippen LogP contribution in [0.1, 0.15) is 51.5 Å². The van der Waals surface area contributed by atoms with Gasteiger partial charge in [-0.1, -0.05) is 17.7 Å². The highest BCUT2D eigenvalue weighted by Gasteiger charge is 2.28. The monoisotopic (exact) mass is 484 g/mol. The molecule has 3 aliphatic rings. The predicted molar refractivity (Wildman–Crippen MR) is 133 cm³/mol. The summed E-state index contributed by atoms with van der Waals surface area (Å²) in [6, 6.07) is 5.17. The zero-order valence-corrected chi connectivity index (χ0v) is 20.9. The maximum Gasteiger partial charge on any atom is 0.246 e. The van der Waals surface area contributed by atoms with Gasteiger partial charge in [0.1, 0.15) is 0 Å². The van der Waals surface area contributed by atoms with E-state index in [0.29, 0.717) is 58.3 Å². The smallest absolute Gasteiger partial charge is 0.246 e. The molecule has 1 atom stereocenters. The standard InChI is InChI=1S/C28H37FN2O4/c1-20(2)17-27(32)30-11-9-21(10-12-30)19-35-26-8-7-24(18-25(26)29)22-3-5-23(6-4-22)28(33)31-13-15-34-16-14-31/h3,7-8,17-18,21,23H,4-6,9-16,19H2,1-2H3. The van der Waals surface area contributed by atoms with E-state index < -0.39 is 0 Å². The number of hydrogen-bond acceptors (Lipinski definition) is 4. The number of ether oxygens (including phenoxy) is 2. The van der Waals surface area contributed by atoms with Crippen LogP contribution in [-0.4, -0.2) is 67.6 Å². The molecule has 6 nitrogen and oxygen atoms in total. The first-order valence-electron chi connectivity index (χ1n) is 12.8. The lowest BCUT2D eigenvalue weighted by molar-refractivity contribution is -0.139. The van der Waals surface area contributed by atoms with E-state index in [1.807, 2.05) is 29.7 Å². The normalized spacial score (nSPS) is 21.3. The van der Waals surface area contributed by atoms with Gasteiger partial charge >= 0.3 is 0 Å². The maximum absolute atomic E-state index is 14.8. The molecule has 2 amide bonds. The van der Waals surface area contributed by atoms with Crippen LogP contribution in [0.15, 0.2) is 35.9 Å². The molecule has 0 saturated carbocycles. The second kappa shape index (κ2) is 11.8. The lowest BCUT2D eigenvalue weighted by Crippen LogP contribution is -2.44. The van der Waals surface area contributed by atoms with E-state index in [9.17, 15) is 14.0 Å². The number of nitrogens with zero attached hydrogens (tertiary/aromatic N) is 2. The lowest BCUT2D eigenvalue weighted by Gasteiger charge is -2.31. The van der Waals surface area contributed by atoms with E-state index in [4.69, 9.17) is 9.47 Å². The minimum absolute atomic E-state index is 0.00744. The van der Waals surface area contributed by atoms with E-state index in [1.165, 1.54) is 0 Å². The van der Waals surface area contributed by atoms with Crippen LogP contribution in [0, 0.1) is 17.7 Å². The Labute approximate surface area is 207 Å². The maximum atomic E-state index is 14.8. The Kier molecular flexibility index (Phi) is 8.60. The van der Waals surface area contributed by atoms with Gasteiger partial charge in [0.15, 0.2) is 11.6 Å². The molecule has 0 N–H and O–H groups in total. The molecule has 1 unspecified atom stereocenters. The highest BCUT2D eigenvalue weighted by atomic mass is 19.1. The molecular formula is C28H37FN2O4. The van der Waals surface area contributed by atoms with Crippen LogP contribution in [0.2, 0.25) is 0 Å². The molecule has 0 bridgehead atoms. The van der Waals surface area contributed by atoms with Gasteiger partial charge in [-0.2, -0.15) is 0 Å². The third kappa shape index (κ3) is 6.72. The highest BCUT2D eigenvalue weighted by Crippen LogP contribution is 2.33. The van der Waals surface area contributed by atoms with Gasteiger partial charge in [-0.15, -0.1) is 0 Å². The number of allylic oxidation sites excluding steroid dienone is 3. The largest absolute Gasteiger partial charge is 0.490 e. The molecule has 0 spiro atoms. The number of benzene rings is 1. The number of carbonyl (C=O) groups is 2. The van der Waals surface area contributed by atoms with Crippen LogP contribution in [0.5, 0.6) is 5.75 Å². The summed E-state index contributed by atoms with van der Waals surface area (Å²) in [6.45, 7) is 8.29. The molecule has 35 heavy (non-hydrogen) atoms. The Morgan fingerprint density at radius 3 is 2.46 bits per heavy atom. The Bertz CT molecular complexity index is 971. The number of morpholine rings is 1. The molecule has 1 aromatic rings. The van der Waals surface area contributed by atoms with Gasteiger partial charge in [0.2, 0.25) is 11.8 Å². The van der Waals surface area contributed by atoms with E-state index in [-0.39, 0.29) is 29.3 Å². The van der Waals surface area contributed by atoms with Crippen molar-refractivity contribution in [1.82, 2.24) is 9.80 Å². The second-order valence-corrected chi connectivity index (χ2v) is 10.1. The van der Waals surface area contributed by atoms with E-state index in [0.717, 1.165) is 42.4 Å². The van der Waals surface area contributed by atoms with Crippen molar-refractivity contribution in [3.8, 4) is 5.75 Å². The second-order valence-electron chi connectivity index (χ2n) is 10.1. The van der Waals surface area contributed by atoms with Crippen molar-refractivity contribution in [2.75, 3.05) is 46.0 Å². The summed E-state index contributed by atoms with van der Waals surface area (Å²) in [6.07, 6.45) is 7.74. The summed E-state index contributed by atoms with van der Waals surface area (Å²) in [5, 5.41) is 0. The van der Waals surface area contributed by atoms with Crippen molar-refractivity contribution in [3.05, 3.63) is 47.3 Å². The summed E-state index contributed by atoms with van der Waals surface area (Å²) in [4.78, 5) is 28.7. The van der Waals surface area contributed by atoms with Crippen molar-refractivity contribution < 1.29 is 23.5 Å². The fourth-order valence-electron chi connectivity index (χ4n) is 5.05. The summed E-state index contributed by atoms with van der Waals surface area (Å²) in [5.41, 5.74) is 2.96. The summed E-state index contributed by atoms with van der Waals surface area (Å²) in [7, 11) is 0. The fourth-order valence-corrected chi connectivity index (χ4v) is 5.05. The third-order valence-corrected chi connectivity index (χ3v) is 7.20. The molecule has 1 aliphatic carbocycles. The van der Waals surface area contributed by atoms with Gasteiger partial charge in [-0.05, 0) is 75.1 Å². The van der Waals surface area contributed by atoms with Gasteiger partial charge in [0.05, 0.1) is 19.8 Å². The van der Waals surface area contributed by atoms with Gasteiger partial charge in [-0.25, -0.2) is 4.39 Å². The Morgan fingerprint density at radius 1 is 1.09 bits per heavy atom. The molecule has 2 fully saturated rings. The van der Waals surface area contributed by atoms with Crippen LogP contribution in [0.4, 0.5) is 4.39 Å². The molecule has 2 aliphatic heterocycles. The van der Waals surface area contributed by atoms with Crippen LogP contribution in [0.3, 0.4) is 0 Å². The Hall–Kier alpha value is -2.67. The van der Waals surface area contributed by atoms with E-state index in [2.05, 4.69) is 6.08 Å². The lowest BCUT2D eigenvalue weighted by atomic mass is 9.85. The molecule has 1 aromatic carbocycles. The van der Waals surface area contributed by atoms with Crippen LogP contribution in [-0.2, 0) is 14.3 Å². The van der Waals surface area contributed by atoms with Crippen molar-refractivity contribution in [2.45, 2.75) is 46.0 Å². The van der Waals surface area contributed by atoms with Gasteiger partial charge in [-0.3, -0.25) is 9.59 Å². The van der Waals surface area contributed by atoms with Gasteiger partial charge < -0.3 is 19.3 Å². The zero-order valence-electron chi connectivity index (χ0n) is 20.9. The fraction of sp³-hybridized carbons (Fsp3) is 0.571. The van der Waals surface area contributed by atoms with Crippen molar-refractivity contribution >= 4 is 17.4 Å². The van der Waals surface area contributed by atoms with E-state index >= 15 is 0 Å². The average molecular weight is 485 g/mol. The first-order chi connectivity index (χ1) is 16.9. The zero-order chi connectivity index (χ0) is 24.8. The van der Waals surface area contributed by atoms with Crippen molar-refractivity contribution in [3.63, 3.8) is 0 Å². The Morgan fingerprint density at radius 2 is 1.83 bits per heavy atom. The highest BCUT2D eigenvalue weighted by molar-refractivity contribution is 5.88. The number of piperidine rings is 1. The number of halogens is 1. The molecular weight excluding hydrogens is 447 g/mol. The van der Waals surface area contributed by atoms with Gasteiger partial charge in [0.25, 0.3) is 0 Å². The summed E-state index contributed by atoms with van der Waals surface area (Å²) < 4.78 is 26.0. The first kappa shape index (κ1) is 25.4. The van der Waals surface area contributed by atoms with Gasteiger partial charge in [0, 0.05) is 38.2 Å². The number of likely N-dealkylation sites (tertiary alicyclic amines) is 1. The third-order valence-electron chi connectivity index (χ3n) is 7.20. The molecule has 7 heteroatoms. The molecule has 190 valence electrons. The first-order valence-corrected chi connectivity index (χ1v) is 12.8. The number of hydrogen-bond donors (Lipinski definition) is 0. The SMILES string of the molecule is CC(C)=CC(=O)N1CCC(COc2ccc(C3=CCC(C(=O)N4CCOCC4)CC3)cc2F)CC1. The molecule has 2 heterocycles. The quantitative estimate of drug-likeness (QED) is 0.560. The van der Waals surface area contributed by atoms with Crippen LogP contribution in [0.25, 0.3) is 5.57 Å². The molecule has 0 aromatic heterocycles. The van der Waals surface area contributed by atoms with Crippen LogP contribution < -0.4 is 4.74 Å². The minimum Gasteiger partial charge on any atom is -0.490 e. The molecule has 2 saturated heterocycles.